The van der Waals surface area contributed by atoms with Crippen LogP contribution in [0.25, 0.3) is 0 Å². The van der Waals surface area contributed by atoms with Gasteiger partial charge in [-0.2, -0.15) is 11.8 Å². The van der Waals surface area contributed by atoms with Gasteiger partial charge in [-0.3, -0.25) is 4.79 Å². The summed E-state index contributed by atoms with van der Waals surface area (Å²) in [5.74, 6) is 0.703. The highest BCUT2D eigenvalue weighted by Gasteiger charge is 2.18. The fourth-order valence-corrected chi connectivity index (χ4v) is 2.76. The molecule has 2 aromatic rings. The zero-order valence-corrected chi connectivity index (χ0v) is 14.2. The Hall–Kier alpha value is -1.98. The van der Waals surface area contributed by atoms with Gasteiger partial charge in [-0.15, -0.1) is 0 Å². The van der Waals surface area contributed by atoms with Crippen molar-refractivity contribution in [3.05, 3.63) is 58.1 Å². The van der Waals surface area contributed by atoms with Crippen LogP contribution in [-0.4, -0.2) is 25.6 Å². The molecule has 4 nitrogen and oxygen atoms in total. The number of benzene rings is 2. The van der Waals surface area contributed by atoms with Gasteiger partial charge in [0, 0.05) is 21.9 Å². The Morgan fingerprint density at radius 2 is 2.09 bits per heavy atom. The number of esters is 1. The van der Waals surface area contributed by atoms with Crippen molar-refractivity contribution in [2.45, 2.75) is 5.75 Å². The molecule has 0 unspecified atom stereocenters. The van der Waals surface area contributed by atoms with Crippen LogP contribution in [0.2, 0.25) is 5.02 Å². The van der Waals surface area contributed by atoms with E-state index in [9.17, 15) is 9.59 Å². The Morgan fingerprint density at radius 3 is 2.70 bits per heavy atom. The van der Waals surface area contributed by atoms with Crippen molar-refractivity contribution < 1.29 is 19.1 Å². The lowest BCUT2D eigenvalue weighted by Crippen LogP contribution is -2.11. The van der Waals surface area contributed by atoms with Gasteiger partial charge >= 0.3 is 5.97 Å². The SMILES string of the molecule is COc1cc(C=O)cc(CSC)c1OC(=O)c1cccc(Cl)c1. The number of carbonyl (C=O) groups excluding carboxylic acids is 2. The van der Waals surface area contributed by atoms with Gasteiger partial charge in [0.2, 0.25) is 0 Å². The summed E-state index contributed by atoms with van der Waals surface area (Å²) in [5, 5.41) is 0.451. The van der Waals surface area contributed by atoms with Gasteiger partial charge < -0.3 is 9.47 Å². The van der Waals surface area contributed by atoms with Gasteiger partial charge in [-0.05, 0) is 36.6 Å². The zero-order chi connectivity index (χ0) is 16.8. The van der Waals surface area contributed by atoms with E-state index in [4.69, 9.17) is 21.1 Å². The van der Waals surface area contributed by atoms with E-state index in [1.807, 2.05) is 6.26 Å². The second kappa shape index (κ2) is 8.04. The Kier molecular flexibility index (Phi) is 6.07. The van der Waals surface area contributed by atoms with Crippen molar-refractivity contribution in [2.24, 2.45) is 0 Å². The van der Waals surface area contributed by atoms with E-state index < -0.39 is 5.97 Å². The van der Waals surface area contributed by atoms with E-state index in [1.54, 1.807) is 36.0 Å². The lowest BCUT2D eigenvalue weighted by Gasteiger charge is -2.14. The second-order valence-corrected chi connectivity index (χ2v) is 5.96. The number of rotatable bonds is 6. The largest absolute Gasteiger partial charge is 0.493 e. The lowest BCUT2D eigenvalue weighted by molar-refractivity contribution is 0.0728. The highest BCUT2D eigenvalue weighted by Crippen LogP contribution is 2.35. The number of ether oxygens (including phenoxy) is 2. The van der Waals surface area contributed by atoms with Gasteiger partial charge in [0.1, 0.15) is 6.29 Å². The maximum Gasteiger partial charge on any atom is 0.343 e. The standard InChI is InChI=1S/C17H15ClO4S/c1-21-15-7-11(9-19)6-13(10-23-2)16(15)22-17(20)12-4-3-5-14(18)8-12/h3-9H,10H2,1-2H3. The smallest absolute Gasteiger partial charge is 0.343 e. The molecule has 0 fully saturated rings. The average Bonchev–Trinajstić information content (AvgIpc) is 2.56. The number of thioether (sulfide) groups is 1. The van der Waals surface area contributed by atoms with E-state index >= 15 is 0 Å². The maximum absolute atomic E-state index is 12.3. The van der Waals surface area contributed by atoms with Crippen molar-refractivity contribution in [3.8, 4) is 11.5 Å². The summed E-state index contributed by atoms with van der Waals surface area (Å²) in [6.45, 7) is 0. The normalized spacial score (nSPS) is 10.2. The predicted octanol–water partition coefficient (Wildman–Crippen LogP) is 4.24. The number of methoxy groups -OCH3 is 1. The third-order valence-corrected chi connectivity index (χ3v) is 3.90. The van der Waals surface area contributed by atoms with E-state index in [0.29, 0.717) is 39.0 Å². The molecule has 0 aliphatic carbocycles. The first-order valence-corrected chi connectivity index (χ1v) is 8.49. The van der Waals surface area contributed by atoms with Crippen LogP contribution in [0.3, 0.4) is 0 Å². The second-order valence-electron chi connectivity index (χ2n) is 4.66. The van der Waals surface area contributed by atoms with E-state index in [0.717, 1.165) is 6.29 Å². The number of carbonyl (C=O) groups is 2. The molecule has 2 rings (SSSR count). The minimum Gasteiger partial charge on any atom is -0.493 e. The predicted molar refractivity (Wildman–Crippen MR) is 92.0 cm³/mol. The fourth-order valence-electron chi connectivity index (χ4n) is 2.05. The Labute approximate surface area is 143 Å². The summed E-state index contributed by atoms with van der Waals surface area (Å²) in [6, 6.07) is 9.73. The van der Waals surface area contributed by atoms with Gasteiger partial charge in [0.05, 0.1) is 12.7 Å². The van der Waals surface area contributed by atoms with Gasteiger partial charge in [0.15, 0.2) is 11.5 Å². The van der Waals surface area contributed by atoms with Crippen molar-refractivity contribution in [2.75, 3.05) is 13.4 Å². The molecule has 23 heavy (non-hydrogen) atoms. The third-order valence-electron chi connectivity index (χ3n) is 3.07. The number of aldehydes is 1. The quantitative estimate of drug-likeness (QED) is 0.443. The Morgan fingerprint density at radius 1 is 1.30 bits per heavy atom. The molecule has 2 aromatic carbocycles. The van der Waals surface area contributed by atoms with Crippen molar-refractivity contribution in [1.29, 1.82) is 0 Å². The van der Waals surface area contributed by atoms with Crippen LogP contribution in [0.15, 0.2) is 36.4 Å². The van der Waals surface area contributed by atoms with Crippen LogP contribution in [0.5, 0.6) is 11.5 Å². The van der Waals surface area contributed by atoms with E-state index in [1.165, 1.54) is 19.2 Å². The molecule has 0 bridgehead atoms. The van der Waals surface area contributed by atoms with Crippen LogP contribution >= 0.6 is 23.4 Å². The summed E-state index contributed by atoms with van der Waals surface area (Å²) >= 11 is 7.45. The van der Waals surface area contributed by atoms with Crippen molar-refractivity contribution >= 4 is 35.6 Å². The fraction of sp³-hybridized carbons (Fsp3) is 0.176. The number of hydrogen-bond acceptors (Lipinski definition) is 5. The molecule has 0 amide bonds. The molecular weight excluding hydrogens is 336 g/mol. The Balaban J connectivity index is 2.40. The average molecular weight is 351 g/mol. The van der Waals surface area contributed by atoms with Gasteiger partial charge in [-0.25, -0.2) is 4.79 Å². The van der Waals surface area contributed by atoms with Crippen molar-refractivity contribution in [1.82, 2.24) is 0 Å². The first-order valence-electron chi connectivity index (χ1n) is 6.71. The van der Waals surface area contributed by atoms with Gasteiger partial charge in [-0.1, -0.05) is 17.7 Å². The van der Waals surface area contributed by atoms with Crippen LogP contribution in [0, 0.1) is 0 Å². The Bertz CT molecular complexity index is 731. The maximum atomic E-state index is 12.3. The molecule has 0 radical (unpaired) electrons. The molecule has 0 saturated heterocycles. The van der Waals surface area contributed by atoms with Crippen LogP contribution in [0.4, 0.5) is 0 Å². The van der Waals surface area contributed by atoms with Crippen LogP contribution in [0.1, 0.15) is 26.3 Å². The lowest BCUT2D eigenvalue weighted by atomic mass is 10.1. The third kappa shape index (κ3) is 4.27. The molecule has 120 valence electrons. The summed E-state index contributed by atoms with van der Waals surface area (Å²) in [6.07, 6.45) is 2.65. The molecule has 0 heterocycles. The topological polar surface area (TPSA) is 52.6 Å². The number of halogens is 1. The molecule has 0 N–H and O–H groups in total. The molecule has 0 aliphatic heterocycles. The molecular formula is C17H15ClO4S. The first-order chi connectivity index (χ1) is 11.1. The van der Waals surface area contributed by atoms with Crippen LogP contribution < -0.4 is 9.47 Å². The molecule has 6 heteroatoms. The highest BCUT2D eigenvalue weighted by molar-refractivity contribution is 7.97. The molecule has 0 atom stereocenters. The van der Waals surface area contributed by atoms with E-state index in [2.05, 4.69) is 0 Å². The first kappa shape index (κ1) is 17.4. The molecule has 0 aliphatic rings. The highest BCUT2D eigenvalue weighted by atomic mass is 35.5. The minimum absolute atomic E-state index is 0.317. The monoisotopic (exact) mass is 350 g/mol. The zero-order valence-electron chi connectivity index (χ0n) is 12.7. The molecule has 0 aromatic heterocycles. The summed E-state index contributed by atoms with van der Waals surface area (Å²) in [5.41, 5.74) is 1.52. The number of hydrogen-bond donors (Lipinski definition) is 0. The van der Waals surface area contributed by atoms with E-state index in [-0.39, 0.29) is 0 Å². The minimum atomic E-state index is -0.535. The molecule has 0 saturated carbocycles. The van der Waals surface area contributed by atoms with Crippen LogP contribution in [-0.2, 0) is 5.75 Å². The summed E-state index contributed by atoms with van der Waals surface area (Å²) < 4.78 is 10.8. The molecule has 0 spiro atoms. The van der Waals surface area contributed by atoms with Crippen molar-refractivity contribution in [3.63, 3.8) is 0 Å². The summed E-state index contributed by atoms with van der Waals surface area (Å²) in [4.78, 5) is 23.4. The van der Waals surface area contributed by atoms with Gasteiger partial charge in [0.25, 0.3) is 0 Å². The summed E-state index contributed by atoms with van der Waals surface area (Å²) in [7, 11) is 1.46.